The maximum atomic E-state index is 9.90. The van der Waals surface area contributed by atoms with Crippen molar-refractivity contribution in [1.29, 1.82) is 0 Å². The third kappa shape index (κ3) is 1.45. The minimum atomic E-state index is -0.314. The van der Waals surface area contributed by atoms with Crippen LogP contribution < -0.4 is 0 Å². The van der Waals surface area contributed by atoms with Crippen LogP contribution in [0.25, 0.3) is 10.1 Å². The summed E-state index contributed by atoms with van der Waals surface area (Å²) in [6, 6.07) is 8.27. The quantitative estimate of drug-likeness (QED) is 0.795. The average Bonchev–Trinajstić information content (AvgIpc) is 2.53. The number of fused-ring (bicyclic) bond motifs is 1. The van der Waals surface area contributed by atoms with E-state index in [1.54, 1.807) is 11.3 Å². The number of hydrogen-bond donors (Lipinski definition) is 1. The fourth-order valence-corrected chi connectivity index (χ4v) is 2.93. The first kappa shape index (κ1) is 9.69. The van der Waals surface area contributed by atoms with Crippen LogP contribution in [0.15, 0.2) is 24.3 Å². The summed E-state index contributed by atoms with van der Waals surface area (Å²) in [6.07, 6.45) is 0.466. The van der Waals surface area contributed by atoms with Crippen LogP contribution in [0, 0.1) is 6.92 Å². The van der Waals surface area contributed by atoms with Crippen LogP contribution in [-0.4, -0.2) is 5.11 Å². The highest BCUT2D eigenvalue weighted by Crippen LogP contribution is 2.35. The van der Waals surface area contributed by atoms with Gasteiger partial charge in [-0.25, -0.2) is 0 Å². The second-order valence-electron chi connectivity index (χ2n) is 3.49. The van der Waals surface area contributed by atoms with E-state index in [2.05, 4.69) is 19.1 Å². The molecule has 0 saturated heterocycles. The van der Waals surface area contributed by atoms with E-state index in [-0.39, 0.29) is 6.10 Å². The number of rotatable bonds is 2. The van der Waals surface area contributed by atoms with E-state index in [1.165, 1.54) is 15.0 Å². The highest BCUT2D eigenvalue weighted by Gasteiger charge is 2.14. The van der Waals surface area contributed by atoms with Crippen LogP contribution in [0.2, 0.25) is 0 Å². The number of aliphatic hydroxyl groups excluding tert-OH is 1. The van der Waals surface area contributed by atoms with E-state index < -0.39 is 0 Å². The van der Waals surface area contributed by atoms with Crippen molar-refractivity contribution in [2.75, 3.05) is 0 Å². The van der Waals surface area contributed by atoms with Crippen molar-refractivity contribution in [3.63, 3.8) is 0 Å². The van der Waals surface area contributed by atoms with Crippen molar-refractivity contribution in [2.45, 2.75) is 26.4 Å². The van der Waals surface area contributed by atoms with Crippen molar-refractivity contribution < 1.29 is 5.11 Å². The normalized spacial score (nSPS) is 13.4. The Morgan fingerprint density at radius 1 is 1.36 bits per heavy atom. The molecule has 2 heteroatoms. The second-order valence-corrected chi connectivity index (χ2v) is 4.75. The molecule has 1 unspecified atom stereocenters. The predicted molar refractivity (Wildman–Crippen MR) is 61.8 cm³/mol. The highest BCUT2D eigenvalue weighted by molar-refractivity contribution is 7.19. The minimum absolute atomic E-state index is 0.314. The Hall–Kier alpha value is -0.860. The first-order chi connectivity index (χ1) is 6.74. The lowest BCUT2D eigenvalue weighted by atomic mass is 10.0. The molecule has 2 aromatic rings. The molecule has 0 aliphatic rings. The molecule has 1 atom stereocenters. The number of aliphatic hydroxyl groups is 1. The number of aryl methyl sites for hydroxylation is 1. The van der Waals surface area contributed by atoms with Crippen molar-refractivity contribution in [3.05, 3.63) is 34.7 Å². The Labute approximate surface area is 88.0 Å². The standard InChI is InChI=1S/C12H14OS/c1-3-10(13)12-8(2)14-11-7-5-4-6-9(11)12/h4-7,10,13H,3H2,1-2H3. The third-order valence-corrected chi connectivity index (χ3v) is 3.64. The van der Waals surface area contributed by atoms with E-state index in [9.17, 15) is 5.11 Å². The van der Waals surface area contributed by atoms with E-state index in [1.807, 2.05) is 19.1 Å². The van der Waals surface area contributed by atoms with Crippen LogP contribution >= 0.6 is 11.3 Å². The fourth-order valence-electron chi connectivity index (χ4n) is 1.81. The summed E-state index contributed by atoms with van der Waals surface area (Å²) >= 11 is 1.76. The zero-order valence-corrected chi connectivity index (χ0v) is 9.27. The molecule has 0 fully saturated rings. The molecule has 1 aromatic heterocycles. The molecule has 1 heterocycles. The predicted octanol–water partition coefficient (Wildman–Crippen LogP) is 3.65. The zero-order chi connectivity index (χ0) is 10.1. The first-order valence-corrected chi connectivity index (χ1v) is 5.71. The number of hydrogen-bond acceptors (Lipinski definition) is 2. The van der Waals surface area contributed by atoms with Crippen molar-refractivity contribution in [3.8, 4) is 0 Å². The maximum absolute atomic E-state index is 9.90. The molecule has 0 spiro atoms. The van der Waals surface area contributed by atoms with Gasteiger partial charge in [-0.2, -0.15) is 0 Å². The number of thiophene rings is 1. The lowest BCUT2D eigenvalue weighted by Crippen LogP contribution is -1.95. The molecule has 1 aromatic carbocycles. The van der Waals surface area contributed by atoms with Gasteiger partial charge in [0, 0.05) is 15.1 Å². The Morgan fingerprint density at radius 2 is 2.07 bits per heavy atom. The van der Waals surface area contributed by atoms with Crippen LogP contribution in [0.4, 0.5) is 0 Å². The van der Waals surface area contributed by atoms with E-state index >= 15 is 0 Å². The van der Waals surface area contributed by atoms with E-state index in [0.717, 1.165) is 12.0 Å². The minimum Gasteiger partial charge on any atom is -0.388 e. The van der Waals surface area contributed by atoms with E-state index in [4.69, 9.17) is 0 Å². The maximum Gasteiger partial charge on any atom is 0.0804 e. The van der Waals surface area contributed by atoms with Gasteiger partial charge in [0.1, 0.15) is 0 Å². The summed E-state index contributed by atoms with van der Waals surface area (Å²) < 4.78 is 1.27. The monoisotopic (exact) mass is 206 g/mol. The van der Waals surface area contributed by atoms with Gasteiger partial charge in [-0.15, -0.1) is 11.3 Å². The van der Waals surface area contributed by atoms with Crippen molar-refractivity contribution >= 4 is 21.4 Å². The molecule has 0 aliphatic carbocycles. The SMILES string of the molecule is CCC(O)c1c(C)sc2ccccc12. The van der Waals surface area contributed by atoms with Gasteiger partial charge in [0.2, 0.25) is 0 Å². The second kappa shape index (κ2) is 3.71. The molecule has 2 rings (SSSR count). The Kier molecular flexibility index (Phi) is 2.57. The van der Waals surface area contributed by atoms with Gasteiger partial charge in [-0.3, -0.25) is 0 Å². The van der Waals surface area contributed by atoms with Crippen molar-refractivity contribution in [1.82, 2.24) is 0 Å². The summed E-state index contributed by atoms with van der Waals surface area (Å²) in [4.78, 5) is 1.24. The smallest absolute Gasteiger partial charge is 0.0804 e. The molecule has 0 amide bonds. The van der Waals surface area contributed by atoms with Gasteiger partial charge in [-0.1, -0.05) is 25.1 Å². The van der Waals surface area contributed by atoms with Gasteiger partial charge >= 0.3 is 0 Å². The summed E-state index contributed by atoms with van der Waals surface area (Å²) in [5, 5.41) is 11.1. The molecular weight excluding hydrogens is 192 g/mol. The summed E-state index contributed by atoms with van der Waals surface area (Å²) in [5.74, 6) is 0. The molecular formula is C12H14OS. The molecule has 0 bridgehead atoms. The summed E-state index contributed by atoms with van der Waals surface area (Å²) in [6.45, 7) is 4.09. The molecule has 0 saturated carbocycles. The van der Waals surface area contributed by atoms with Crippen LogP contribution in [0.3, 0.4) is 0 Å². The summed E-state index contributed by atoms with van der Waals surface area (Å²) in [5.41, 5.74) is 1.12. The molecule has 0 radical (unpaired) electrons. The number of benzene rings is 1. The third-order valence-electron chi connectivity index (χ3n) is 2.54. The van der Waals surface area contributed by atoms with Crippen molar-refractivity contribution in [2.24, 2.45) is 0 Å². The van der Waals surface area contributed by atoms with Gasteiger partial charge < -0.3 is 5.11 Å². The van der Waals surface area contributed by atoms with Gasteiger partial charge in [0.25, 0.3) is 0 Å². The van der Waals surface area contributed by atoms with Gasteiger partial charge in [0.15, 0.2) is 0 Å². The highest BCUT2D eigenvalue weighted by atomic mass is 32.1. The van der Waals surface area contributed by atoms with E-state index in [0.29, 0.717) is 0 Å². The van der Waals surface area contributed by atoms with Crippen LogP contribution in [0.5, 0.6) is 0 Å². The Bertz CT molecular complexity index is 445. The van der Waals surface area contributed by atoms with Gasteiger partial charge in [0.05, 0.1) is 6.10 Å². The lowest BCUT2D eigenvalue weighted by Gasteiger charge is -2.07. The zero-order valence-electron chi connectivity index (χ0n) is 8.45. The molecule has 1 nitrogen and oxygen atoms in total. The molecule has 1 N–H and O–H groups in total. The molecule has 74 valence electrons. The largest absolute Gasteiger partial charge is 0.388 e. The van der Waals surface area contributed by atoms with Crippen LogP contribution in [0.1, 0.15) is 29.9 Å². The Balaban J connectivity index is 2.67. The lowest BCUT2D eigenvalue weighted by molar-refractivity contribution is 0.175. The molecule has 14 heavy (non-hydrogen) atoms. The molecule has 0 aliphatic heterocycles. The van der Waals surface area contributed by atoms with Crippen LogP contribution in [-0.2, 0) is 0 Å². The Morgan fingerprint density at radius 3 is 2.79 bits per heavy atom. The first-order valence-electron chi connectivity index (χ1n) is 4.90. The summed E-state index contributed by atoms with van der Waals surface area (Å²) in [7, 11) is 0. The van der Waals surface area contributed by atoms with Gasteiger partial charge in [-0.05, 0) is 24.8 Å². The fraction of sp³-hybridized carbons (Fsp3) is 0.333. The topological polar surface area (TPSA) is 20.2 Å². The average molecular weight is 206 g/mol.